The molecule has 0 amide bonds. The Kier molecular flexibility index (Phi) is 7.13. The molecular formula is C34H33BrN4O4. The maximum absolute atomic E-state index is 11.0. The third kappa shape index (κ3) is 4.76. The molecule has 5 aromatic rings. The number of methoxy groups -OCH3 is 3. The average molecular weight is 642 g/mol. The Hall–Kier alpha value is -4.24. The molecule has 9 heteroatoms. The summed E-state index contributed by atoms with van der Waals surface area (Å²) in [6, 6.07) is 16.2. The number of halogens is 1. The van der Waals surface area contributed by atoms with Gasteiger partial charge in [0.15, 0.2) is 11.5 Å². The van der Waals surface area contributed by atoms with Crippen LogP contribution in [-0.2, 0) is 12.8 Å². The number of ether oxygens (including phenoxy) is 3. The molecular weight excluding hydrogens is 608 g/mol. The van der Waals surface area contributed by atoms with Crippen molar-refractivity contribution < 1.29 is 19.3 Å². The number of aromatic hydroxyl groups is 1. The number of hydrogen-bond acceptors (Lipinski definition) is 6. The number of aromatic amines is 2. The van der Waals surface area contributed by atoms with Gasteiger partial charge in [-0.1, -0.05) is 6.07 Å². The molecule has 2 aliphatic rings. The van der Waals surface area contributed by atoms with Crippen molar-refractivity contribution in [2.24, 2.45) is 9.98 Å². The molecule has 43 heavy (non-hydrogen) atoms. The zero-order valence-corrected chi connectivity index (χ0v) is 26.0. The number of hydrogen-bond donors (Lipinski definition) is 3. The van der Waals surface area contributed by atoms with Crippen molar-refractivity contribution in [3.05, 3.63) is 81.1 Å². The molecule has 3 aromatic carbocycles. The smallest absolute Gasteiger partial charge is 0.172 e. The number of benzene rings is 3. The van der Waals surface area contributed by atoms with E-state index in [0.29, 0.717) is 23.1 Å². The maximum Gasteiger partial charge on any atom is 0.172 e. The van der Waals surface area contributed by atoms with Crippen LogP contribution in [0.5, 0.6) is 23.0 Å². The van der Waals surface area contributed by atoms with Crippen LogP contribution in [-0.4, -0.2) is 60.9 Å². The van der Waals surface area contributed by atoms with E-state index >= 15 is 0 Å². The molecule has 2 aliphatic heterocycles. The topological polar surface area (TPSA) is 104 Å². The highest BCUT2D eigenvalue weighted by Gasteiger charge is 2.29. The minimum absolute atomic E-state index is 0.0255. The van der Waals surface area contributed by atoms with Crippen LogP contribution in [0.15, 0.2) is 63.0 Å². The normalized spacial score (nSPS) is 14.4. The molecule has 0 saturated heterocycles. The summed E-state index contributed by atoms with van der Waals surface area (Å²) in [6.07, 6.45) is 3.11. The molecule has 0 aliphatic carbocycles. The van der Waals surface area contributed by atoms with E-state index in [9.17, 15) is 5.11 Å². The molecule has 0 bridgehead atoms. The highest BCUT2D eigenvalue weighted by atomic mass is 79.9. The van der Waals surface area contributed by atoms with E-state index in [-0.39, 0.29) is 11.7 Å². The van der Waals surface area contributed by atoms with Crippen LogP contribution in [0.1, 0.15) is 46.8 Å². The zero-order valence-electron chi connectivity index (χ0n) is 24.4. The Morgan fingerprint density at radius 3 is 1.79 bits per heavy atom. The monoisotopic (exact) mass is 640 g/mol. The molecule has 7 rings (SSSR count). The number of rotatable bonds is 8. The van der Waals surface area contributed by atoms with Crippen molar-refractivity contribution in [3.63, 3.8) is 0 Å². The standard InChI is InChI=1S/C34H33BrN4O4/c1-41-19-4-6-22-24-10-12-36-28(32(24)38-26(22)16-19)14-18(21-8-9-30(43-3)34(40)31(21)35)15-29-33-25(11-13-37-29)23-7-5-20(42-2)17-27(23)39-33/h4-9,16-18,38-40H,10-15H2,1-3H3. The summed E-state index contributed by atoms with van der Waals surface area (Å²) < 4.78 is 17.0. The van der Waals surface area contributed by atoms with Crippen LogP contribution in [0.4, 0.5) is 0 Å². The highest BCUT2D eigenvalue weighted by molar-refractivity contribution is 9.10. The Bertz CT molecular complexity index is 1830. The third-order valence-corrected chi connectivity index (χ3v) is 9.61. The van der Waals surface area contributed by atoms with Crippen LogP contribution in [0.25, 0.3) is 21.8 Å². The van der Waals surface area contributed by atoms with Gasteiger partial charge in [0, 0.05) is 47.0 Å². The lowest BCUT2D eigenvalue weighted by atomic mass is 9.84. The van der Waals surface area contributed by atoms with Crippen LogP contribution in [0, 0.1) is 0 Å². The van der Waals surface area contributed by atoms with Gasteiger partial charge in [0.2, 0.25) is 0 Å². The molecule has 0 atom stereocenters. The minimum Gasteiger partial charge on any atom is -0.503 e. The van der Waals surface area contributed by atoms with Crippen LogP contribution >= 0.6 is 15.9 Å². The summed E-state index contributed by atoms with van der Waals surface area (Å²) in [7, 11) is 4.93. The van der Waals surface area contributed by atoms with Crippen molar-refractivity contribution in [1.29, 1.82) is 0 Å². The number of phenols is 1. The van der Waals surface area contributed by atoms with Gasteiger partial charge in [0.05, 0.1) is 48.6 Å². The van der Waals surface area contributed by atoms with Crippen LogP contribution in [0.3, 0.4) is 0 Å². The number of nitrogens with one attached hydrogen (secondary N) is 2. The van der Waals surface area contributed by atoms with Crippen LogP contribution < -0.4 is 14.2 Å². The summed E-state index contributed by atoms with van der Waals surface area (Å²) in [5, 5.41) is 13.4. The molecule has 4 heterocycles. The Labute approximate surface area is 257 Å². The minimum atomic E-state index is -0.0255. The molecule has 3 N–H and O–H groups in total. The fraction of sp³-hybridized carbons (Fsp3) is 0.294. The summed E-state index contributed by atoms with van der Waals surface area (Å²) in [5.41, 5.74) is 9.89. The van der Waals surface area contributed by atoms with E-state index in [1.54, 1.807) is 21.3 Å². The average Bonchev–Trinajstić information content (AvgIpc) is 3.60. The lowest BCUT2D eigenvalue weighted by Gasteiger charge is -2.24. The van der Waals surface area contributed by atoms with Gasteiger partial charge in [-0.05, 0) is 94.6 Å². The Balaban J connectivity index is 1.30. The number of aromatic nitrogens is 2. The van der Waals surface area contributed by atoms with Gasteiger partial charge in [0.25, 0.3) is 0 Å². The van der Waals surface area contributed by atoms with E-state index in [1.807, 2.05) is 36.4 Å². The SMILES string of the molecule is COc1ccc2c3c([nH]c2c1)C(CC(CC1=NCCc2c1[nH]c1cc(OC)ccc21)c1ccc(OC)c(O)c1Br)=NCC3. The fourth-order valence-electron chi connectivity index (χ4n) is 6.63. The van der Waals surface area contributed by atoms with Crippen molar-refractivity contribution in [1.82, 2.24) is 9.97 Å². The zero-order chi connectivity index (χ0) is 29.7. The first-order valence-electron chi connectivity index (χ1n) is 14.5. The van der Waals surface area contributed by atoms with Gasteiger partial charge in [-0.25, -0.2) is 0 Å². The summed E-state index contributed by atoms with van der Waals surface area (Å²) in [4.78, 5) is 17.4. The summed E-state index contributed by atoms with van der Waals surface area (Å²) in [5.74, 6) is 2.14. The van der Waals surface area contributed by atoms with E-state index in [0.717, 1.165) is 76.8 Å². The maximum atomic E-state index is 11.0. The quantitative estimate of drug-likeness (QED) is 0.168. The number of nitrogens with zero attached hydrogens (tertiary/aromatic N) is 2. The summed E-state index contributed by atoms with van der Waals surface area (Å²) in [6.45, 7) is 1.47. The second kappa shape index (κ2) is 11.1. The van der Waals surface area contributed by atoms with Gasteiger partial charge >= 0.3 is 0 Å². The predicted octanol–water partition coefficient (Wildman–Crippen LogP) is 7.10. The van der Waals surface area contributed by atoms with Crippen molar-refractivity contribution in [2.75, 3.05) is 34.4 Å². The molecule has 0 radical (unpaired) electrons. The van der Waals surface area contributed by atoms with Crippen LogP contribution in [0.2, 0.25) is 0 Å². The first-order chi connectivity index (χ1) is 21.0. The van der Waals surface area contributed by atoms with Gasteiger partial charge in [-0.2, -0.15) is 0 Å². The molecule has 220 valence electrons. The second-order valence-electron chi connectivity index (χ2n) is 11.1. The highest BCUT2D eigenvalue weighted by Crippen LogP contribution is 2.43. The van der Waals surface area contributed by atoms with E-state index in [2.05, 4.69) is 38.0 Å². The molecule has 0 unspecified atom stereocenters. The summed E-state index contributed by atoms with van der Waals surface area (Å²) >= 11 is 3.70. The lowest BCUT2D eigenvalue weighted by molar-refractivity contribution is 0.371. The molecule has 0 fully saturated rings. The molecule has 2 aromatic heterocycles. The number of aliphatic imine (C=N–C) groups is 2. The Morgan fingerprint density at radius 1 is 0.767 bits per heavy atom. The first kappa shape index (κ1) is 27.6. The first-order valence-corrected chi connectivity index (χ1v) is 15.3. The fourth-order valence-corrected chi connectivity index (χ4v) is 7.28. The molecule has 0 saturated carbocycles. The van der Waals surface area contributed by atoms with E-state index in [4.69, 9.17) is 24.2 Å². The number of phenolic OH excluding ortho intramolecular Hbond substituents is 1. The van der Waals surface area contributed by atoms with Gasteiger partial charge < -0.3 is 29.3 Å². The van der Waals surface area contributed by atoms with E-state index in [1.165, 1.54) is 21.9 Å². The molecule has 8 nitrogen and oxygen atoms in total. The van der Waals surface area contributed by atoms with E-state index < -0.39 is 0 Å². The van der Waals surface area contributed by atoms with Crippen molar-refractivity contribution >= 4 is 49.2 Å². The number of fused-ring (bicyclic) bond motifs is 6. The number of H-pyrrole nitrogens is 2. The van der Waals surface area contributed by atoms with Crippen molar-refractivity contribution in [3.8, 4) is 23.0 Å². The lowest BCUT2D eigenvalue weighted by Crippen LogP contribution is -2.20. The second-order valence-corrected chi connectivity index (χ2v) is 11.9. The van der Waals surface area contributed by atoms with Gasteiger partial charge in [-0.15, -0.1) is 0 Å². The largest absolute Gasteiger partial charge is 0.503 e. The Morgan fingerprint density at radius 2 is 1.30 bits per heavy atom. The third-order valence-electron chi connectivity index (χ3n) is 8.78. The van der Waals surface area contributed by atoms with Crippen molar-refractivity contribution in [2.45, 2.75) is 31.6 Å². The van der Waals surface area contributed by atoms with Gasteiger partial charge in [-0.3, -0.25) is 9.98 Å². The van der Waals surface area contributed by atoms with Gasteiger partial charge in [0.1, 0.15) is 11.5 Å². The molecule has 0 spiro atoms. The predicted molar refractivity (Wildman–Crippen MR) is 174 cm³/mol.